The number of carbonyl (C=O) groups excluding carboxylic acids is 3. The topological polar surface area (TPSA) is 142 Å². The van der Waals surface area contributed by atoms with Crippen LogP contribution in [0.25, 0.3) is 5.69 Å². The van der Waals surface area contributed by atoms with Gasteiger partial charge in [-0.05, 0) is 60.2 Å². The summed E-state index contributed by atoms with van der Waals surface area (Å²) in [6.45, 7) is 1.65. The van der Waals surface area contributed by atoms with E-state index in [1.165, 1.54) is 37.1 Å². The third-order valence-electron chi connectivity index (χ3n) is 5.87. The largest absolute Gasteiger partial charge is 0.508 e. The van der Waals surface area contributed by atoms with Crippen LogP contribution in [-0.2, 0) is 20.9 Å². The number of aliphatic imine (C=N–C) groups is 1. The smallest absolute Gasteiger partial charge is 0.242 e. The lowest BCUT2D eigenvalue weighted by molar-refractivity contribution is -0.128. The van der Waals surface area contributed by atoms with E-state index in [2.05, 4.69) is 20.7 Å². The number of hydrogen-bond acceptors (Lipinski definition) is 8. The van der Waals surface area contributed by atoms with E-state index in [1.807, 2.05) is 24.3 Å². The van der Waals surface area contributed by atoms with Crippen LogP contribution in [0.4, 0.5) is 17.1 Å². The van der Waals surface area contributed by atoms with Crippen molar-refractivity contribution in [3.05, 3.63) is 91.0 Å². The molecule has 1 aromatic heterocycles. The Hall–Kier alpha value is -4.97. The first kappa shape index (κ1) is 26.6. The Morgan fingerprint density at radius 1 is 1.02 bits per heavy atom. The average molecular weight is 556 g/mol. The first-order valence-electron chi connectivity index (χ1n) is 12.3. The van der Waals surface area contributed by atoms with Gasteiger partial charge in [0.05, 0.1) is 17.9 Å². The van der Waals surface area contributed by atoms with Crippen LogP contribution in [0.2, 0.25) is 0 Å². The van der Waals surface area contributed by atoms with Crippen LogP contribution in [0.15, 0.2) is 90.4 Å². The molecular weight excluding hydrogens is 530 g/mol. The highest BCUT2D eigenvalue weighted by Crippen LogP contribution is 2.34. The predicted molar refractivity (Wildman–Crippen MR) is 152 cm³/mol. The SMILES string of the molecule is CC(=O)Nc1cccc(N=C2SC(CC(=O)Nc3ccc(O)cc3)C(=O)N2Cc2cccc(-n3cncn3)c2)c1. The minimum atomic E-state index is -0.687. The number of carbonyl (C=O) groups is 3. The third-order valence-corrected chi connectivity index (χ3v) is 7.04. The second-order valence-corrected chi connectivity index (χ2v) is 10.1. The van der Waals surface area contributed by atoms with E-state index in [4.69, 9.17) is 4.99 Å². The zero-order valence-electron chi connectivity index (χ0n) is 21.4. The van der Waals surface area contributed by atoms with Crippen LogP contribution in [0.3, 0.4) is 0 Å². The number of benzene rings is 3. The number of phenolic OH excluding ortho intramolecular Hbond substituents is 1. The van der Waals surface area contributed by atoms with Crippen LogP contribution in [0.5, 0.6) is 5.75 Å². The molecule has 12 heteroatoms. The van der Waals surface area contributed by atoms with Crippen molar-refractivity contribution in [2.45, 2.75) is 25.1 Å². The second-order valence-electron chi connectivity index (χ2n) is 8.97. The first-order valence-corrected chi connectivity index (χ1v) is 13.2. The van der Waals surface area contributed by atoms with Gasteiger partial charge in [-0.15, -0.1) is 0 Å². The van der Waals surface area contributed by atoms with Gasteiger partial charge < -0.3 is 15.7 Å². The summed E-state index contributed by atoms with van der Waals surface area (Å²) in [4.78, 5) is 48.2. The van der Waals surface area contributed by atoms with Crippen molar-refractivity contribution in [2.24, 2.45) is 4.99 Å². The fourth-order valence-electron chi connectivity index (χ4n) is 4.08. The Kier molecular flexibility index (Phi) is 7.87. The molecule has 3 amide bonds. The van der Waals surface area contributed by atoms with Crippen LogP contribution >= 0.6 is 11.8 Å². The fourth-order valence-corrected chi connectivity index (χ4v) is 5.24. The lowest BCUT2D eigenvalue weighted by atomic mass is 10.1. The highest BCUT2D eigenvalue weighted by Gasteiger charge is 2.39. The van der Waals surface area contributed by atoms with Gasteiger partial charge in [0.25, 0.3) is 0 Å². The van der Waals surface area contributed by atoms with Gasteiger partial charge in [-0.25, -0.2) is 14.7 Å². The molecule has 3 N–H and O–H groups in total. The summed E-state index contributed by atoms with van der Waals surface area (Å²) in [6, 6.07) is 20.7. The number of amidine groups is 1. The van der Waals surface area contributed by atoms with E-state index in [0.717, 1.165) is 11.3 Å². The molecule has 40 heavy (non-hydrogen) atoms. The van der Waals surface area contributed by atoms with E-state index >= 15 is 0 Å². The summed E-state index contributed by atoms with van der Waals surface area (Å²) >= 11 is 1.21. The number of aromatic nitrogens is 3. The number of anilines is 2. The van der Waals surface area contributed by atoms with Gasteiger partial charge in [-0.1, -0.05) is 30.0 Å². The zero-order valence-corrected chi connectivity index (χ0v) is 22.2. The number of thioether (sulfide) groups is 1. The molecule has 1 aliphatic heterocycles. The predicted octanol–water partition coefficient (Wildman–Crippen LogP) is 4.09. The second kappa shape index (κ2) is 11.8. The monoisotopic (exact) mass is 555 g/mol. The molecule has 0 aliphatic carbocycles. The van der Waals surface area contributed by atoms with Crippen molar-refractivity contribution in [2.75, 3.05) is 10.6 Å². The summed E-state index contributed by atoms with van der Waals surface area (Å²) in [6.07, 6.45) is 2.97. The molecule has 0 radical (unpaired) electrons. The standard InChI is InChI=1S/C28H25N7O4S/c1-18(36)31-21-5-3-6-22(13-21)33-28-34(15-19-4-2-7-23(12-19)35-17-29-16-30-35)27(39)25(40-28)14-26(38)32-20-8-10-24(37)11-9-20/h2-13,16-17,25,37H,14-15H2,1H3,(H,31,36)(H,32,38). The summed E-state index contributed by atoms with van der Waals surface area (Å²) in [5.74, 6) is -0.692. The molecule has 5 rings (SSSR count). The lowest BCUT2D eigenvalue weighted by Gasteiger charge is -2.17. The maximum atomic E-state index is 13.6. The van der Waals surface area contributed by atoms with Gasteiger partial charge in [-0.2, -0.15) is 5.10 Å². The average Bonchev–Trinajstić information content (AvgIpc) is 3.56. The minimum Gasteiger partial charge on any atom is -0.508 e. The number of nitrogens with one attached hydrogen (secondary N) is 2. The Balaban J connectivity index is 1.40. The molecule has 1 unspecified atom stereocenters. The minimum absolute atomic E-state index is 0.0647. The molecule has 4 aromatic rings. The third kappa shape index (κ3) is 6.53. The van der Waals surface area contributed by atoms with Gasteiger partial charge in [-0.3, -0.25) is 19.3 Å². The van der Waals surface area contributed by atoms with E-state index in [1.54, 1.807) is 52.3 Å². The number of amides is 3. The normalized spacial score (nSPS) is 15.8. The van der Waals surface area contributed by atoms with Gasteiger partial charge in [0.1, 0.15) is 23.7 Å². The summed E-state index contributed by atoms with van der Waals surface area (Å²) in [5, 5.41) is 18.9. The fraction of sp³-hybridized carbons (Fsp3) is 0.143. The molecule has 1 aliphatic rings. The van der Waals surface area contributed by atoms with Crippen molar-refractivity contribution in [3.8, 4) is 11.4 Å². The molecule has 0 bridgehead atoms. The van der Waals surface area contributed by atoms with Crippen molar-refractivity contribution >= 4 is 51.7 Å². The Morgan fingerprint density at radius 2 is 1.82 bits per heavy atom. The Bertz CT molecular complexity index is 1570. The highest BCUT2D eigenvalue weighted by atomic mass is 32.2. The number of nitrogens with zero attached hydrogens (tertiary/aromatic N) is 5. The Labute approximate surface area is 234 Å². The van der Waals surface area contributed by atoms with Crippen LogP contribution in [-0.4, -0.2) is 52.9 Å². The number of aromatic hydroxyl groups is 1. The molecule has 1 fully saturated rings. The first-order chi connectivity index (χ1) is 19.3. The van der Waals surface area contributed by atoms with Crippen molar-refractivity contribution in [1.29, 1.82) is 0 Å². The molecule has 1 atom stereocenters. The zero-order chi connectivity index (χ0) is 28.1. The molecule has 11 nitrogen and oxygen atoms in total. The van der Waals surface area contributed by atoms with Crippen LogP contribution in [0.1, 0.15) is 18.9 Å². The lowest BCUT2D eigenvalue weighted by Crippen LogP contribution is -2.33. The molecule has 0 saturated carbocycles. The maximum absolute atomic E-state index is 13.6. The highest BCUT2D eigenvalue weighted by molar-refractivity contribution is 8.15. The number of hydrogen-bond donors (Lipinski definition) is 3. The molecular formula is C28H25N7O4S. The molecule has 3 aromatic carbocycles. The van der Waals surface area contributed by atoms with Crippen molar-refractivity contribution in [1.82, 2.24) is 19.7 Å². The summed E-state index contributed by atoms with van der Waals surface area (Å²) < 4.78 is 1.63. The van der Waals surface area contributed by atoms with E-state index in [0.29, 0.717) is 22.2 Å². The molecule has 2 heterocycles. The van der Waals surface area contributed by atoms with Crippen LogP contribution in [0, 0.1) is 0 Å². The number of phenols is 1. The number of rotatable bonds is 8. The summed E-state index contributed by atoms with van der Waals surface area (Å²) in [5.41, 5.74) is 3.29. The molecule has 202 valence electrons. The van der Waals surface area contributed by atoms with E-state index < -0.39 is 5.25 Å². The van der Waals surface area contributed by atoms with Gasteiger partial charge in [0, 0.05) is 24.7 Å². The van der Waals surface area contributed by atoms with Crippen molar-refractivity contribution < 1.29 is 19.5 Å². The maximum Gasteiger partial charge on any atom is 0.242 e. The summed E-state index contributed by atoms with van der Waals surface area (Å²) in [7, 11) is 0. The Morgan fingerprint density at radius 3 is 2.58 bits per heavy atom. The molecule has 1 saturated heterocycles. The van der Waals surface area contributed by atoms with E-state index in [-0.39, 0.29) is 36.4 Å². The quantitative estimate of drug-likeness (QED) is 0.278. The molecule has 0 spiro atoms. The van der Waals surface area contributed by atoms with E-state index in [9.17, 15) is 19.5 Å². The van der Waals surface area contributed by atoms with Crippen molar-refractivity contribution in [3.63, 3.8) is 0 Å². The van der Waals surface area contributed by atoms with Gasteiger partial charge in [0.2, 0.25) is 17.7 Å². The van der Waals surface area contributed by atoms with Gasteiger partial charge >= 0.3 is 0 Å². The van der Waals surface area contributed by atoms with Crippen LogP contribution < -0.4 is 10.6 Å². The van der Waals surface area contributed by atoms with Gasteiger partial charge in [0.15, 0.2) is 5.17 Å².